The Hall–Kier alpha value is -2.81. The van der Waals surface area contributed by atoms with Gasteiger partial charge in [-0.3, -0.25) is 0 Å². The smallest absolute Gasteiger partial charge is 0.172 e. The van der Waals surface area contributed by atoms with Gasteiger partial charge in [0.05, 0.1) is 11.9 Å². The van der Waals surface area contributed by atoms with Gasteiger partial charge in [-0.15, -0.1) is 0 Å². The van der Waals surface area contributed by atoms with E-state index in [1.165, 1.54) is 6.33 Å². The third-order valence-corrected chi connectivity index (χ3v) is 2.56. The number of fused-ring (bicyclic) bond motifs is 1. The Morgan fingerprint density at radius 2 is 2.11 bits per heavy atom. The topological polar surface area (TPSA) is 80.3 Å². The molecule has 0 aliphatic rings. The summed E-state index contributed by atoms with van der Waals surface area (Å²) in [7, 11) is 0. The van der Waals surface area contributed by atoms with Crippen molar-refractivity contribution in [3.05, 3.63) is 48.3 Å². The zero-order chi connectivity index (χ0) is 12.4. The van der Waals surface area contributed by atoms with Gasteiger partial charge in [0.1, 0.15) is 12.4 Å². The molecular weight excluding hydrogens is 228 g/mol. The van der Waals surface area contributed by atoms with Crippen molar-refractivity contribution in [3.63, 3.8) is 0 Å². The molecule has 18 heavy (non-hydrogen) atoms. The number of nitrogens with zero attached hydrogens (tertiary/aromatic N) is 6. The first-order chi connectivity index (χ1) is 8.88. The minimum absolute atomic E-state index is 0.384. The minimum atomic E-state index is 0.384. The van der Waals surface area contributed by atoms with Crippen LogP contribution in [0, 0.1) is 11.3 Å². The summed E-state index contributed by atoms with van der Waals surface area (Å²) >= 11 is 0. The Bertz CT molecular complexity index is 725. The Kier molecular flexibility index (Phi) is 2.43. The molecule has 0 spiro atoms. The molecule has 6 heteroatoms. The van der Waals surface area contributed by atoms with E-state index in [2.05, 4.69) is 26.1 Å². The van der Waals surface area contributed by atoms with E-state index in [1.807, 2.05) is 6.07 Å². The number of pyridine rings is 1. The van der Waals surface area contributed by atoms with Crippen LogP contribution in [0.15, 0.2) is 37.1 Å². The maximum Gasteiger partial charge on any atom is 0.172 e. The van der Waals surface area contributed by atoms with E-state index in [4.69, 9.17) is 5.26 Å². The molecule has 0 N–H and O–H groups in total. The maximum atomic E-state index is 9.04. The van der Waals surface area contributed by atoms with Gasteiger partial charge in [0.25, 0.3) is 0 Å². The SMILES string of the molecule is N#Cc1nn(Cc2cncnc2)c2ncccc12. The Labute approximate surface area is 103 Å². The highest BCUT2D eigenvalue weighted by Crippen LogP contribution is 2.16. The van der Waals surface area contributed by atoms with Crippen molar-refractivity contribution >= 4 is 11.0 Å². The first kappa shape index (κ1) is 10.4. The van der Waals surface area contributed by atoms with Gasteiger partial charge < -0.3 is 0 Å². The normalized spacial score (nSPS) is 10.4. The second-order valence-corrected chi connectivity index (χ2v) is 3.74. The lowest BCUT2D eigenvalue weighted by Gasteiger charge is -2.01. The van der Waals surface area contributed by atoms with Crippen LogP contribution in [0.5, 0.6) is 0 Å². The third kappa shape index (κ3) is 1.68. The fraction of sp³-hybridized carbons (Fsp3) is 0.0833. The molecule has 3 rings (SSSR count). The zero-order valence-electron chi connectivity index (χ0n) is 9.35. The van der Waals surface area contributed by atoms with Crippen LogP contribution in [0.2, 0.25) is 0 Å². The predicted molar refractivity (Wildman–Crippen MR) is 63.4 cm³/mol. The molecule has 0 radical (unpaired) electrons. The van der Waals surface area contributed by atoms with Crippen molar-refractivity contribution in [3.8, 4) is 6.07 Å². The molecule has 0 aromatic carbocycles. The first-order valence-corrected chi connectivity index (χ1v) is 5.34. The largest absolute Gasteiger partial charge is 0.244 e. The molecule has 0 aliphatic carbocycles. The van der Waals surface area contributed by atoms with Gasteiger partial charge in [0.2, 0.25) is 0 Å². The third-order valence-electron chi connectivity index (χ3n) is 2.56. The molecule has 0 atom stereocenters. The van der Waals surface area contributed by atoms with E-state index in [-0.39, 0.29) is 0 Å². The molecule has 3 aromatic heterocycles. The number of rotatable bonds is 2. The van der Waals surface area contributed by atoms with Crippen LogP contribution >= 0.6 is 0 Å². The van der Waals surface area contributed by atoms with Gasteiger partial charge in [-0.05, 0) is 12.1 Å². The monoisotopic (exact) mass is 236 g/mol. The number of aromatic nitrogens is 5. The standard InChI is InChI=1S/C12H8N6/c13-4-11-10-2-1-3-16-12(10)18(17-11)7-9-5-14-8-15-6-9/h1-3,5-6,8H,7H2. The maximum absolute atomic E-state index is 9.04. The van der Waals surface area contributed by atoms with Crippen molar-refractivity contribution in [2.24, 2.45) is 0 Å². The van der Waals surface area contributed by atoms with Crippen molar-refractivity contribution in [2.75, 3.05) is 0 Å². The van der Waals surface area contributed by atoms with Gasteiger partial charge in [-0.1, -0.05) is 0 Å². The number of hydrogen-bond donors (Lipinski definition) is 0. The average Bonchev–Trinajstić information content (AvgIpc) is 2.78. The van der Waals surface area contributed by atoms with Crippen LogP contribution < -0.4 is 0 Å². The molecule has 0 fully saturated rings. The van der Waals surface area contributed by atoms with Gasteiger partial charge in [0, 0.05) is 24.2 Å². The van der Waals surface area contributed by atoms with Crippen molar-refractivity contribution in [1.29, 1.82) is 5.26 Å². The van der Waals surface area contributed by atoms with Crippen molar-refractivity contribution in [2.45, 2.75) is 6.54 Å². The van der Waals surface area contributed by atoms with Crippen LogP contribution in [0.3, 0.4) is 0 Å². The van der Waals surface area contributed by atoms with Crippen molar-refractivity contribution < 1.29 is 0 Å². The highest BCUT2D eigenvalue weighted by Gasteiger charge is 2.10. The van der Waals surface area contributed by atoms with E-state index in [1.54, 1.807) is 29.3 Å². The summed E-state index contributed by atoms with van der Waals surface area (Å²) in [5.41, 5.74) is 1.99. The summed E-state index contributed by atoms with van der Waals surface area (Å²) in [5, 5.41) is 14.0. The van der Waals surface area contributed by atoms with E-state index >= 15 is 0 Å². The molecule has 0 saturated heterocycles. The summed E-state index contributed by atoms with van der Waals surface area (Å²) in [5.74, 6) is 0. The molecule has 3 heterocycles. The quantitative estimate of drug-likeness (QED) is 0.666. The summed E-state index contributed by atoms with van der Waals surface area (Å²) < 4.78 is 1.69. The molecule has 86 valence electrons. The summed E-state index contributed by atoms with van der Waals surface area (Å²) in [6.45, 7) is 0.496. The van der Waals surface area contributed by atoms with Crippen LogP contribution in [-0.2, 0) is 6.54 Å². The fourth-order valence-corrected chi connectivity index (χ4v) is 1.79. The van der Waals surface area contributed by atoms with Crippen LogP contribution in [0.4, 0.5) is 0 Å². The Balaban J connectivity index is 2.11. The summed E-state index contributed by atoms with van der Waals surface area (Å²) in [4.78, 5) is 12.2. The molecular formula is C12H8N6. The average molecular weight is 236 g/mol. The van der Waals surface area contributed by atoms with Crippen LogP contribution in [-0.4, -0.2) is 24.7 Å². The van der Waals surface area contributed by atoms with E-state index in [0.717, 1.165) is 10.9 Å². The predicted octanol–water partition coefficient (Wildman–Crippen LogP) is 1.14. The second kappa shape index (κ2) is 4.22. The summed E-state index contributed by atoms with van der Waals surface area (Å²) in [6, 6.07) is 5.70. The van der Waals surface area contributed by atoms with Gasteiger partial charge >= 0.3 is 0 Å². The highest BCUT2D eigenvalue weighted by molar-refractivity contribution is 5.80. The van der Waals surface area contributed by atoms with E-state index in [9.17, 15) is 0 Å². The number of nitriles is 1. The second-order valence-electron chi connectivity index (χ2n) is 3.74. The zero-order valence-corrected chi connectivity index (χ0v) is 9.35. The Morgan fingerprint density at radius 1 is 1.28 bits per heavy atom. The first-order valence-electron chi connectivity index (χ1n) is 5.34. The Morgan fingerprint density at radius 3 is 2.89 bits per heavy atom. The van der Waals surface area contributed by atoms with Gasteiger partial charge in [0.15, 0.2) is 11.3 Å². The molecule has 0 saturated carbocycles. The van der Waals surface area contributed by atoms with Crippen molar-refractivity contribution in [1.82, 2.24) is 24.7 Å². The lowest BCUT2D eigenvalue weighted by Crippen LogP contribution is -2.03. The fourth-order valence-electron chi connectivity index (χ4n) is 1.79. The van der Waals surface area contributed by atoms with E-state index < -0.39 is 0 Å². The minimum Gasteiger partial charge on any atom is -0.244 e. The van der Waals surface area contributed by atoms with E-state index in [0.29, 0.717) is 17.9 Å². The van der Waals surface area contributed by atoms with Crippen LogP contribution in [0.1, 0.15) is 11.3 Å². The highest BCUT2D eigenvalue weighted by atomic mass is 15.3. The van der Waals surface area contributed by atoms with Gasteiger partial charge in [-0.25, -0.2) is 19.6 Å². The molecule has 0 amide bonds. The lowest BCUT2D eigenvalue weighted by molar-refractivity contribution is 0.696. The van der Waals surface area contributed by atoms with Gasteiger partial charge in [-0.2, -0.15) is 10.4 Å². The molecule has 0 bridgehead atoms. The molecule has 6 nitrogen and oxygen atoms in total. The molecule has 0 aliphatic heterocycles. The van der Waals surface area contributed by atoms with Crippen LogP contribution in [0.25, 0.3) is 11.0 Å². The lowest BCUT2D eigenvalue weighted by atomic mass is 10.3. The molecule has 3 aromatic rings. The summed E-state index contributed by atoms with van der Waals surface area (Å²) in [6.07, 6.45) is 6.60. The number of hydrogen-bond acceptors (Lipinski definition) is 5. The molecule has 0 unspecified atom stereocenters.